The summed E-state index contributed by atoms with van der Waals surface area (Å²) in [5, 5.41) is 3.86. The molecule has 6 heteroatoms. The number of ether oxygens (including phenoxy) is 1. The minimum atomic E-state index is -0.0857. The predicted octanol–water partition coefficient (Wildman–Crippen LogP) is 3.76. The number of rotatable bonds is 6. The van der Waals surface area contributed by atoms with Crippen LogP contribution < -0.4 is 10.1 Å². The number of benzene rings is 2. The van der Waals surface area contributed by atoms with Crippen LogP contribution in [0.5, 0.6) is 5.75 Å². The quantitative estimate of drug-likeness (QED) is 0.733. The fourth-order valence-corrected chi connectivity index (χ4v) is 3.31. The Morgan fingerprint density at radius 3 is 2.72 bits per heavy atom. The van der Waals surface area contributed by atoms with Gasteiger partial charge in [0, 0.05) is 29.9 Å². The largest absolute Gasteiger partial charge is 0.496 e. The summed E-state index contributed by atoms with van der Waals surface area (Å²) >= 11 is 1.52. The van der Waals surface area contributed by atoms with Gasteiger partial charge < -0.3 is 14.6 Å². The highest BCUT2D eigenvalue weighted by Gasteiger charge is 2.12. The Morgan fingerprint density at radius 2 is 1.96 bits per heavy atom. The second-order valence-corrected chi connectivity index (χ2v) is 6.46. The summed E-state index contributed by atoms with van der Waals surface area (Å²) in [6, 6.07) is 15.3. The van der Waals surface area contributed by atoms with Crippen LogP contribution >= 0.6 is 11.8 Å². The van der Waals surface area contributed by atoms with E-state index in [9.17, 15) is 4.79 Å². The van der Waals surface area contributed by atoms with Gasteiger partial charge in [0.1, 0.15) is 5.75 Å². The van der Waals surface area contributed by atoms with Gasteiger partial charge in [0.2, 0.25) is 5.91 Å². The second kappa shape index (κ2) is 7.90. The zero-order valence-corrected chi connectivity index (χ0v) is 14.9. The summed E-state index contributed by atoms with van der Waals surface area (Å²) < 4.78 is 7.25. The van der Waals surface area contributed by atoms with E-state index in [4.69, 9.17) is 4.74 Å². The molecule has 0 radical (unpaired) electrons. The number of anilines is 1. The summed E-state index contributed by atoms with van der Waals surface area (Å²) in [6.45, 7) is 0. The van der Waals surface area contributed by atoms with E-state index in [2.05, 4.69) is 10.3 Å². The van der Waals surface area contributed by atoms with Crippen molar-refractivity contribution in [2.75, 3.05) is 12.4 Å². The maximum Gasteiger partial charge on any atom is 0.228 e. The van der Waals surface area contributed by atoms with E-state index in [1.54, 1.807) is 13.3 Å². The Morgan fingerprint density at radius 1 is 1.20 bits per heavy atom. The minimum Gasteiger partial charge on any atom is -0.496 e. The average Bonchev–Trinajstić information content (AvgIpc) is 3.02. The van der Waals surface area contributed by atoms with E-state index in [1.807, 2.05) is 66.3 Å². The van der Waals surface area contributed by atoms with Gasteiger partial charge in [-0.25, -0.2) is 4.98 Å². The molecule has 5 nitrogen and oxygen atoms in total. The van der Waals surface area contributed by atoms with E-state index >= 15 is 0 Å². The van der Waals surface area contributed by atoms with E-state index in [-0.39, 0.29) is 12.3 Å². The molecule has 0 unspecified atom stereocenters. The van der Waals surface area contributed by atoms with Gasteiger partial charge >= 0.3 is 0 Å². The second-order valence-electron chi connectivity index (χ2n) is 5.46. The lowest BCUT2D eigenvalue weighted by Gasteiger charge is -2.12. The van der Waals surface area contributed by atoms with Gasteiger partial charge in [-0.3, -0.25) is 4.79 Å². The number of methoxy groups -OCH3 is 1. The van der Waals surface area contributed by atoms with Crippen molar-refractivity contribution >= 4 is 23.4 Å². The van der Waals surface area contributed by atoms with Crippen molar-refractivity contribution in [2.45, 2.75) is 16.5 Å². The lowest BCUT2D eigenvalue weighted by molar-refractivity contribution is -0.115. The highest BCUT2D eigenvalue weighted by atomic mass is 32.2. The normalized spacial score (nSPS) is 10.5. The maximum atomic E-state index is 12.5. The first-order chi connectivity index (χ1) is 12.2. The van der Waals surface area contributed by atoms with Crippen LogP contribution in [0.2, 0.25) is 0 Å². The van der Waals surface area contributed by atoms with Crippen molar-refractivity contribution in [3.8, 4) is 5.75 Å². The van der Waals surface area contributed by atoms with Crippen molar-refractivity contribution in [2.24, 2.45) is 7.05 Å². The number of amides is 1. The molecule has 3 rings (SSSR count). The first-order valence-electron chi connectivity index (χ1n) is 7.83. The lowest BCUT2D eigenvalue weighted by atomic mass is 10.1. The lowest BCUT2D eigenvalue weighted by Crippen LogP contribution is -2.15. The Bertz CT molecular complexity index is 876. The zero-order chi connectivity index (χ0) is 17.6. The van der Waals surface area contributed by atoms with Gasteiger partial charge in [-0.05, 0) is 30.0 Å². The molecule has 1 amide bonds. The van der Waals surface area contributed by atoms with Crippen molar-refractivity contribution in [3.05, 3.63) is 66.5 Å². The molecule has 0 saturated heterocycles. The molecule has 2 aromatic carbocycles. The summed E-state index contributed by atoms with van der Waals surface area (Å²) in [4.78, 5) is 17.7. The Labute approximate surface area is 151 Å². The van der Waals surface area contributed by atoms with Crippen molar-refractivity contribution in [3.63, 3.8) is 0 Å². The minimum absolute atomic E-state index is 0.0857. The SMILES string of the molecule is COc1ccccc1CC(=O)Nc1ccccc1Sc1nccn1C. The Hall–Kier alpha value is -2.73. The fourth-order valence-electron chi connectivity index (χ4n) is 2.42. The number of carbonyl (C=O) groups excluding carboxylic acids is 1. The zero-order valence-electron chi connectivity index (χ0n) is 14.1. The maximum absolute atomic E-state index is 12.5. The molecule has 0 aliphatic heterocycles. The topological polar surface area (TPSA) is 56.1 Å². The van der Waals surface area contributed by atoms with Crippen LogP contribution in [0.3, 0.4) is 0 Å². The molecule has 1 N–H and O–H groups in total. The summed E-state index contributed by atoms with van der Waals surface area (Å²) in [6.07, 6.45) is 3.90. The Kier molecular flexibility index (Phi) is 5.40. The molecule has 0 atom stereocenters. The molecular weight excluding hydrogens is 334 g/mol. The molecule has 0 bridgehead atoms. The molecule has 3 aromatic rings. The van der Waals surface area contributed by atoms with E-state index < -0.39 is 0 Å². The summed E-state index contributed by atoms with van der Waals surface area (Å²) in [5.74, 6) is 0.630. The highest BCUT2D eigenvalue weighted by molar-refractivity contribution is 7.99. The number of carbonyl (C=O) groups is 1. The molecule has 1 aromatic heterocycles. The van der Waals surface area contributed by atoms with Crippen molar-refractivity contribution in [1.29, 1.82) is 0 Å². The third-order valence-electron chi connectivity index (χ3n) is 3.68. The van der Waals surface area contributed by atoms with Gasteiger partial charge in [0.05, 0.1) is 19.2 Å². The molecule has 0 aliphatic carbocycles. The van der Waals surface area contributed by atoms with Crippen LogP contribution in [-0.4, -0.2) is 22.6 Å². The van der Waals surface area contributed by atoms with Crippen molar-refractivity contribution < 1.29 is 9.53 Å². The van der Waals surface area contributed by atoms with Crippen LogP contribution in [0.15, 0.2) is 71.0 Å². The third kappa shape index (κ3) is 4.22. The average molecular weight is 353 g/mol. The number of aromatic nitrogens is 2. The first-order valence-corrected chi connectivity index (χ1v) is 8.65. The number of hydrogen-bond donors (Lipinski definition) is 1. The van der Waals surface area contributed by atoms with Crippen LogP contribution in [0.25, 0.3) is 0 Å². The first kappa shape index (κ1) is 17.1. The van der Waals surface area contributed by atoms with E-state index in [1.165, 1.54) is 11.8 Å². The fraction of sp³-hybridized carbons (Fsp3) is 0.158. The number of imidazole rings is 1. The van der Waals surface area contributed by atoms with Gasteiger partial charge in [0.15, 0.2) is 5.16 Å². The summed E-state index contributed by atoms with van der Waals surface area (Å²) in [5.41, 5.74) is 1.63. The molecule has 1 heterocycles. The smallest absolute Gasteiger partial charge is 0.228 e. The molecule has 0 aliphatic rings. The molecule has 0 fully saturated rings. The number of nitrogens with one attached hydrogen (secondary N) is 1. The number of para-hydroxylation sites is 2. The van der Waals surface area contributed by atoms with E-state index in [0.717, 1.165) is 21.3 Å². The van der Waals surface area contributed by atoms with Crippen LogP contribution in [0.4, 0.5) is 5.69 Å². The summed E-state index contributed by atoms with van der Waals surface area (Å²) in [7, 11) is 3.55. The molecular formula is C19H19N3O2S. The molecule has 0 spiro atoms. The monoisotopic (exact) mass is 353 g/mol. The number of nitrogens with zero attached hydrogens (tertiary/aromatic N) is 2. The van der Waals surface area contributed by atoms with Gasteiger partial charge in [0.25, 0.3) is 0 Å². The van der Waals surface area contributed by atoms with Gasteiger partial charge in [-0.15, -0.1) is 0 Å². The number of hydrogen-bond acceptors (Lipinski definition) is 4. The van der Waals surface area contributed by atoms with Crippen molar-refractivity contribution in [1.82, 2.24) is 9.55 Å². The number of aryl methyl sites for hydroxylation is 1. The Balaban J connectivity index is 1.74. The van der Waals surface area contributed by atoms with Crippen LogP contribution in [-0.2, 0) is 18.3 Å². The van der Waals surface area contributed by atoms with Gasteiger partial charge in [-0.2, -0.15) is 0 Å². The van der Waals surface area contributed by atoms with Crippen LogP contribution in [0, 0.1) is 0 Å². The van der Waals surface area contributed by atoms with Crippen LogP contribution in [0.1, 0.15) is 5.56 Å². The highest BCUT2D eigenvalue weighted by Crippen LogP contribution is 2.32. The van der Waals surface area contributed by atoms with E-state index in [0.29, 0.717) is 5.75 Å². The molecule has 0 saturated carbocycles. The molecule has 25 heavy (non-hydrogen) atoms. The predicted molar refractivity (Wildman–Crippen MR) is 99.1 cm³/mol. The van der Waals surface area contributed by atoms with Gasteiger partial charge in [-0.1, -0.05) is 30.3 Å². The third-order valence-corrected chi connectivity index (χ3v) is 4.83. The standard InChI is InChI=1S/C19H19N3O2S/c1-22-12-11-20-19(22)25-17-10-6-4-8-15(17)21-18(23)13-14-7-3-5-9-16(14)24-2/h3-12H,13H2,1-2H3,(H,21,23). The molecule has 128 valence electrons.